The average molecular weight is 341 g/mol. The van der Waals surface area contributed by atoms with Gasteiger partial charge in [0.1, 0.15) is 11.6 Å². The number of benzene rings is 1. The van der Waals surface area contributed by atoms with E-state index in [9.17, 15) is 4.79 Å². The molecule has 0 aliphatic carbocycles. The molecule has 7 heteroatoms. The van der Waals surface area contributed by atoms with E-state index in [4.69, 9.17) is 13.6 Å². The molecule has 0 radical (unpaired) electrons. The third-order valence-electron chi connectivity index (χ3n) is 4.56. The number of fused-ring (bicyclic) bond motifs is 1. The molecule has 0 saturated carbocycles. The molecular formula is C18H19N3O4. The van der Waals surface area contributed by atoms with Crippen molar-refractivity contribution in [3.8, 4) is 0 Å². The highest BCUT2D eigenvalue weighted by molar-refractivity contribution is 5.96. The molecule has 0 N–H and O–H groups in total. The van der Waals surface area contributed by atoms with E-state index in [1.165, 1.54) is 0 Å². The lowest BCUT2D eigenvalue weighted by Crippen LogP contribution is -2.43. The molecule has 7 nitrogen and oxygen atoms in total. The van der Waals surface area contributed by atoms with Crippen molar-refractivity contribution in [2.45, 2.75) is 26.8 Å². The first kappa shape index (κ1) is 15.8. The van der Waals surface area contributed by atoms with Crippen LogP contribution in [0.1, 0.15) is 39.5 Å². The van der Waals surface area contributed by atoms with Crippen LogP contribution < -0.4 is 0 Å². The van der Waals surface area contributed by atoms with E-state index < -0.39 is 6.04 Å². The lowest BCUT2D eigenvalue weighted by molar-refractivity contribution is -0.0120. The van der Waals surface area contributed by atoms with Gasteiger partial charge in [0.25, 0.3) is 5.91 Å². The summed E-state index contributed by atoms with van der Waals surface area (Å²) in [6, 6.07) is 5.37. The van der Waals surface area contributed by atoms with Crippen molar-refractivity contribution in [1.82, 2.24) is 15.1 Å². The van der Waals surface area contributed by atoms with Gasteiger partial charge in [0.05, 0.1) is 13.2 Å². The predicted octanol–water partition coefficient (Wildman–Crippen LogP) is 2.95. The van der Waals surface area contributed by atoms with Gasteiger partial charge < -0.3 is 18.5 Å². The number of nitrogens with zero attached hydrogens (tertiary/aromatic N) is 3. The molecule has 1 aliphatic heterocycles. The van der Waals surface area contributed by atoms with Crippen molar-refractivity contribution >= 4 is 16.9 Å². The standard InChI is InChI=1S/C18H19N3O4/c1-10-6-13-8-16(25-15(13)7-11(10)2)18(22)21-4-5-23-9-14(21)17-20-19-12(3)24-17/h6-8,14H,4-5,9H2,1-3H3/t14-/m0/s1. The Morgan fingerprint density at radius 2 is 1.92 bits per heavy atom. The number of aryl methyl sites for hydroxylation is 3. The Morgan fingerprint density at radius 1 is 1.12 bits per heavy atom. The van der Waals surface area contributed by atoms with Gasteiger partial charge in [-0.25, -0.2) is 0 Å². The van der Waals surface area contributed by atoms with Crippen LogP contribution in [-0.4, -0.2) is 40.8 Å². The molecule has 1 atom stereocenters. The van der Waals surface area contributed by atoms with E-state index in [-0.39, 0.29) is 5.91 Å². The molecule has 1 fully saturated rings. The van der Waals surface area contributed by atoms with Crippen LogP contribution in [0.5, 0.6) is 0 Å². The maximum atomic E-state index is 13.0. The van der Waals surface area contributed by atoms with Crippen molar-refractivity contribution in [1.29, 1.82) is 0 Å². The number of hydrogen-bond acceptors (Lipinski definition) is 6. The molecule has 0 bridgehead atoms. The predicted molar refractivity (Wildman–Crippen MR) is 89.3 cm³/mol. The fraction of sp³-hybridized carbons (Fsp3) is 0.389. The molecule has 3 aromatic rings. The molecule has 3 heterocycles. The summed E-state index contributed by atoms with van der Waals surface area (Å²) in [4.78, 5) is 14.7. The van der Waals surface area contributed by atoms with Gasteiger partial charge in [0, 0.05) is 18.9 Å². The SMILES string of the molecule is Cc1nnc([C@@H]2COCCN2C(=O)c2cc3cc(C)c(C)cc3o2)o1. The molecular weight excluding hydrogens is 322 g/mol. The number of carbonyl (C=O) groups is 1. The topological polar surface area (TPSA) is 81.6 Å². The van der Waals surface area contributed by atoms with Crippen molar-refractivity contribution in [2.75, 3.05) is 19.8 Å². The fourth-order valence-corrected chi connectivity index (χ4v) is 3.05. The molecule has 25 heavy (non-hydrogen) atoms. The first-order valence-corrected chi connectivity index (χ1v) is 8.22. The molecule has 2 aromatic heterocycles. The lowest BCUT2D eigenvalue weighted by Gasteiger charge is -2.32. The third kappa shape index (κ3) is 2.80. The Morgan fingerprint density at radius 3 is 2.68 bits per heavy atom. The summed E-state index contributed by atoms with van der Waals surface area (Å²) in [7, 11) is 0. The first-order chi connectivity index (χ1) is 12.0. The molecule has 1 amide bonds. The van der Waals surface area contributed by atoms with E-state index >= 15 is 0 Å². The number of aromatic nitrogens is 2. The Bertz CT molecular complexity index is 904. The molecule has 1 aromatic carbocycles. The highest BCUT2D eigenvalue weighted by atomic mass is 16.5. The summed E-state index contributed by atoms with van der Waals surface area (Å²) >= 11 is 0. The number of rotatable bonds is 2. The zero-order valence-electron chi connectivity index (χ0n) is 14.4. The quantitative estimate of drug-likeness (QED) is 0.713. The van der Waals surface area contributed by atoms with Gasteiger partial charge in [0.2, 0.25) is 11.8 Å². The van der Waals surface area contributed by atoms with Crippen molar-refractivity contribution in [3.05, 3.63) is 46.9 Å². The Labute approximate surface area is 144 Å². The van der Waals surface area contributed by atoms with Crippen LogP contribution in [-0.2, 0) is 4.74 Å². The van der Waals surface area contributed by atoms with Gasteiger partial charge in [-0.05, 0) is 43.2 Å². The minimum absolute atomic E-state index is 0.198. The van der Waals surface area contributed by atoms with E-state index in [1.807, 2.05) is 26.0 Å². The van der Waals surface area contributed by atoms with Crippen LogP contribution in [0.25, 0.3) is 11.0 Å². The molecule has 130 valence electrons. The first-order valence-electron chi connectivity index (χ1n) is 8.22. The summed E-state index contributed by atoms with van der Waals surface area (Å²) in [5.74, 6) is 0.954. The molecule has 1 saturated heterocycles. The van der Waals surface area contributed by atoms with Gasteiger partial charge in [-0.2, -0.15) is 0 Å². The normalized spacial score (nSPS) is 18.0. The van der Waals surface area contributed by atoms with Gasteiger partial charge in [-0.15, -0.1) is 10.2 Å². The van der Waals surface area contributed by atoms with Crippen LogP contribution in [0.2, 0.25) is 0 Å². The summed E-state index contributed by atoms with van der Waals surface area (Å²) in [5, 5.41) is 8.81. The molecule has 4 rings (SSSR count). The Kier molecular flexibility index (Phi) is 3.80. The number of ether oxygens (including phenoxy) is 1. The molecule has 1 aliphatic rings. The number of amides is 1. The second-order valence-corrected chi connectivity index (χ2v) is 6.33. The van der Waals surface area contributed by atoms with Crippen LogP contribution in [0.3, 0.4) is 0 Å². The summed E-state index contributed by atoms with van der Waals surface area (Å²) in [6.07, 6.45) is 0. The van der Waals surface area contributed by atoms with Gasteiger partial charge >= 0.3 is 0 Å². The van der Waals surface area contributed by atoms with E-state index in [2.05, 4.69) is 10.2 Å². The minimum Gasteiger partial charge on any atom is -0.451 e. The maximum absolute atomic E-state index is 13.0. The second kappa shape index (κ2) is 6.00. The van der Waals surface area contributed by atoms with E-state index in [0.717, 1.165) is 16.5 Å². The average Bonchev–Trinajstić information content (AvgIpc) is 3.21. The van der Waals surface area contributed by atoms with E-state index in [1.54, 1.807) is 17.9 Å². The van der Waals surface area contributed by atoms with Crippen molar-refractivity contribution in [2.24, 2.45) is 0 Å². The minimum atomic E-state index is -0.404. The van der Waals surface area contributed by atoms with Crippen LogP contribution in [0, 0.1) is 20.8 Å². The largest absolute Gasteiger partial charge is 0.451 e. The number of morpholine rings is 1. The monoisotopic (exact) mass is 341 g/mol. The number of furan rings is 1. The fourth-order valence-electron chi connectivity index (χ4n) is 3.05. The highest BCUT2D eigenvalue weighted by Crippen LogP contribution is 2.28. The van der Waals surface area contributed by atoms with Crippen molar-refractivity contribution in [3.63, 3.8) is 0 Å². The molecule has 0 unspecified atom stereocenters. The maximum Gasteiger partial charge on any atom is 0.290 e. The molecule has 0 spiro atoms. The van der Waals surface area contributed by atoms with Gasteiger partial charge in [-0.3, -0.25) is 4.79 Å². The number of hydrogen-bond donors (Lipinski definition) is 0. The van der Waals surface area contributed by atoms with Crippen LogP contribution in [0.4, 0.5) is 0 Å². The zero-order chi connectivity index (χ0) is 17.6. The third-order valence-corrected chi connectivity index (χ3v) is 4.56. The smallest absolute Gasteiger partial charge is 0.290 e. The second-order valence-electron chi connectivity index (χ2n) is 6.33. The zero-order valence-corrected chi connectivity index (χ0v) is 14.4. The lowest BCUT2D eigenvalue weighted by atomic mass is 10.1. The van der Waals surface area contributed by atoms with E-state index in [0.29, 0.717) is 42.9 Å². The summed E-state index contributed by atoms with van der Waals surface area (Å²) < 4.78 is 16.8. The van der Waals surface area contributed by atoms with Crippen LogP contribution >= 0.6 is 0 Å². The van der Waals surface area contributed by atoms with Crippen molar-refractivity contribution < 1.29 is 18.4 Å². The summed E-state index contributed by atoms with van der Waals surface area (Å²) in [6.45, 7) is 7.02. The highest BCUT2D eigenvalue weighted by Gasteiger charge is 2.34. The Hall–Kier alpha value is -2.67. The Balaban J connectivity index is 1.68. The van der Waals surface area contributed by atoms with Gasteiger partial charge in [0.15, 0.2) is 5.76 Å². The number of carbonyl (C=O) groups excluding carboxylic acids is 1. The van der Waals surface area contributed by atoms with Gasteiger partial charge in [-0.1, -0.05) is 0 Å². The van der Waals surface area contributed by atoms with Crippen LogP contribution in [0.15, 0.2) is 27.0 Å². The summed E-state index contributed by atoms with van der Waals surface area (Å²) in [5.41, 5.74) is 3.01.